The number of aromatic hydroxyl groups is 1. The minimum absolute atomic E-state index is 0.0832. The Labute approximate surface area is 119 Å². The van der Waals surface area contributed by atoms with Crippen LogP contribution in [0.15, 0.2) is 61.2 Å². The first-order chi connectivity index (χ1) is 9.76. The van der Waals surface area contributed by atoms with Crippen LogP contribution in [0.3, 0.4) is 0 Å². The molecule has 104 valence electrons. The lowest BCUT2D eigenvalue weighted by Gasteiger charge is -2.20. The van der Waals surface area contributed by atoms with Crippen molar-refractivity contribution in [3.63, 3.8) is 0 Å². The van der Waals surface area contributed by atoms with Gasteiger partial charge in [0.2, 0.25) is 0 Å². The maximum absolute atomic E-state index is 10.2. The number of benzene rings is 2. The molecule has 0 fully saturated rings. The molecule has 0 saturated carbocycles. The van der Waals surface area contributed by atoms with Gasteiger partial charge in [-0.05, 0) is 17.7 Å². The highest BCUT2D eigenvalue weighted by atomic mass is 16.5. The smallest absolute Gasteiger partial charge is 0.124 e. The molecule has 3 nitrogen and oxygen atoms in total. The number of rotatable bonds is 6. The molecule has 2 aromatic carbocycles. The summed E-state index contributed by atoms with van der Waals surface area (Å²) in [6, 6.07) is 15.3. The molecule has 1 unspecified atom stereocenters. The highest BCUT2D eigenvalue weighted by Crippen LogP contribution is 2.32. The Balaban J connectivity index is 2.38. The molecule has 1 atom stereocenters. The van der Waals surface area contributed by atoms with E-state index in [0.717, 1.165) is 11.1 Å². The van der Waals surface area contributed by atoms with Crippen molar-refractivity contribution in [2.45, 2.75) is 6.04 Å². The Bertz CT molecular complexity index is 566. The first kappa shape index (κ1) is 14.2. The van der Waals surface area contributed by atoms with E-state index in [0.29, 0.717) is 12.3 Å². The van der Waals surface area contributed by atoms with Gasteiger partial charge in [-0.15, -0.1) is 6.58 Å². The Hall–Kier alpha value is -2.26. The summed E-state index contributed by atoms with van der Waals surface area (Å²) in [4.78, 5) is 0. The molecule has 0 bridgehead atoms. The quantitative estimate of drug-likeness (QED) is 0.791. The predicted octanol–water partition coefficient (Wildman–Crippen LogP) is 3.27. The zero-order valence-corrected chi connectivity index (χ0v) is 11.5. The number of ether oxygens (including phenoxy) is 1. The number of hydrogen-bond donors (Lipinski definition) is 2. The highest BCUT2D eigenvalue weighted by molar-refractivity contribution is 5.45. The molecule has 2 N–H and O–H groups in total. The summed E-state index contributed by atoms with van der Waals surface area (Å²) in [5, 5.41) is 13.6. The highest BCUT2D eigenvalue weighted by Gasteiger charge is 2.16. The molecule has 0 aliphatic carbocycles. The lowest BCUT2D eigenvalue weighted by molar-refractivity contribution is 0.405. The SMILES string of the molecule is C=CCNC(c1ccccc1)c1ccc(OC)cc1O. The summed E-state index contributed by atoms with van der Waals surface area (Å²) < 4.78 is 5.12. The zero-order chi connectivity index (χ0) is 14.4. The largest absolute Gasteiger partial charge is 0.507 e. The van der Waals surface area contributed by atoms with Crippen molar-refractivity contribution in [2.75, 3.05) is 13.7 Å². The molecule has 0 saturated heterocycles. The molecule has 0 heterocycles. The molecular formula is C17H19NO2. The van der Waals surface area contributed by atoms with E-state index in [9.17, 15) is 5.11 Å². The second-order valence-electron chi connectivity index (χ2n) is 4.47. The number of phenolic OH excluding ortho intramolecular Hbond substituents is 1. The van der Waals surface area contributed by atoms with Crippen LogP contribution in [0.5, 0.6) is 11.5 Å². The lowest BCUT2D eigenvalue weighted by Crippen LogP contribution is -2.22. The molecule has 0 spiro atoms. The second kappa shape index (κ2) is 6.78. The normalized spacial score (nSPS) is 11.8. The minimum atomic E-state index is -0.0832. The van der Waals surface area contributed by atoms with Crippen LogP contribution in [0.25, 0.3) is 0 Å². The van der Waals surface area contributed by atoms with Gasteiger partial charge < -0.3 is 15.2 Å². The average Bonchev–Trinajstić information content (AvgIpc) is 2.50. The van der Waals surface area contributed by atoms with Crippen molar-refractivity contribution >= 4 is 0 Å². The third-order valence-electron chi connectivity index (χ3n) is 3.15. The number of nitrogens with one attached hydrogen (secondary N) is 1. The van der Waals surface area contributed by atoms with Gasteiger partial charge in [-0.1, -0.05) is 36.4 Å². The summed E-state index contributed by atoms with van der Waals surface area (Å²) in [5.41, 5.74) is 1.91. The van der Waals surface area contributed by atoms with Crippen molar-refractivity contribution in [3.05, 3.63) is 72.3 Å². The molecule has 0 aromatic heterocycles. The van der Waals surface area contributed by atoms with Crippen LogP contribution in [0.4, 0.5) is 0 Å². The van der Waals surface area contributed by atoms with Crippen LogP contribution in [0.1, 0.15) is 17.2 Å². The van der Waals surface area contributed by atoms with Gasteiger partial charge >= 0.3 is 0 Å². The van der Waals surface area contributed by atoms with Gasteiger partial charge in [0.05, 0.1) is 13.2 Å². The van der Waals surface area contributed by atoms with Crippen molar-refractivity contribution in [2.24, 2.45) is 0 Å². The third kappa shape index (κ3) is 3.19. The molecule has 0 aliphatic heterocycles. The van der Waals surface area contributed by atoms with E-state index in [1.165, 1.54) is 0 Å². The van der Waals surface area contributed by atoms with E-state index < -0.39 is 0 Å². The molecule has 2 aromatic rings. The minimum Gasteiger partial charge on any atom is -0.507 e. The van der Waals surface area contributed by atoms with Crippen LogP contribution in [0.2, 0.25) is 0 Å². The second-order valence-corrected chi connectivity index (χ2v) is 4.47. The molecule has 2 rings (SSSR count). The van der Waals surface area contributed by atoms with E-state index in [1.807, 2.05) is 42.5 Å². The van der Waals surface area contributed by atoms with Gasteiger partial charge in [0.1, 0.15) is 11.5 Å². The number of hydrogen-bond acceptors (Lipinski definition) is 3. The Morgan fingerprint density at radius 3 is 2.60 bits per heavy atom. The van der Waals surface area contributed by atoms with Gasteiger partial charge in [-0.25, -0.2) is 0 Å². The zero-order valence-electron chi connectivity index (χ0n) is 11.5. The molecule has 0 radical (unpaired) electrons. The van der Waals surface area contributed by atoms with E-state index in [1.54, 1.807) is 19.3 Å². The predicted molar refractivity (Wildman–Crippen MR) is 81.1 cm³/mol. The fraction of sp³-hybridized carbons (Fsp3) is 0.176. The Morgan fingerprint density at radius 1 is 1.25 bits per heavy atom. The summed E-state index contributed by atoms with van der Waals surface area (Å²) in [7, 11) is 1.58. The maximum Gasteiger partial charge on any atom is 0.124 e. The third-order valence-corrected chi connectivity index (χ3v) is 3.15. The van der Waals surface area contributed by atoms with Crippen molar-refractivity contribution < 1.29 is 9.84 Å². The van der Waals surface area contributed by atoms with Crippen LogP contribution in [-0.4, -0.2) is 18.8 Å². The van der Waals surface area contributed by atoms with Crippen LogP contribution >= 0.6 is 0 Å². The fourth-order valence-electron chi connectivity index (χ4n) is 2.15. The monoisotopic (exact) mass is 269 g/mol. The topological polar surface area (TPSA) is 41.5 Å². The number of phenols is 1. The standard InChI is InChI=1S/C17H19NO2/c1-3-11-18-17(13-7-5-4-6-8-13)15-10-9-14(20-2)12-16(15)19/h3-10,12,17-19H,1,11H2,2H3. The summed E-state index contributed by atoms with van der Waals surface area (Å²) in [5.74, 6) is 0.858. The van der Waals surface area contributed by atoms with Gasteiger partial charge in [0, 0.05) is 18.2 Å². The van der Waals surface area contributed by atoms with Crippen molar-refractivity contribution in [3.8, 4) is 11.5 Å². The van der Waals surface area contributed by atoms with E-state index >= 15 is 0 Å². The lowest BCUT2D eigenvalue weighted by atomic mass is 9.97. The van der Waals surface area contributed by atoms with Crippen LogP contribution in [0, 0.1) is 0 Å². The summed E-state index contributed by atoms with van der Waals surface area (Å²) in [6.07, 6.45) is 1.80. The van der Waals surface area contributed by atoms with Gasteiger partial charge in [-0.3, -0.25) is 0 Å². The Morgan fingerprint density at radius 2 is 2.00 bits per heavy atom. The number of methoxy groups -OCH3 is 1. The van der Waals surface area contributed by atoms with E-state index in [-0.39, 0.29) is 11.8 Å². The summed E-state index contributed by atoms with van der Waals surface area (Å²) >= 11 is 0. The van der Waals surface area contributed by atoms with Gasteiger partial charge in [0.15, 0.2) is 0 Å². The molecular weight excluding hydrogens is 250 g/mol. The van der Waals surface area contributed by atoms with Crippen molar-refractivity contribution in [1.29, 1.82) is 0 Å². The molecule has 0 amide bonds. The maximum atomic E-state index is 10.2. The van der Waals surface area contributed by atoms with Gasteiger partial charge in [0.25, 0.3) is 0 Å². The first-order valence-electron chi connectivity index (χ1n) is 6.52. The van der Waals surface area contributed by atoms with E-state index in [4.69, 9.17) is 4.74 Å². The van der Waals surface area contributed by atoms with Crippen LogP contribution < -0.4 is 10.1 Å². The van der Waals surface area contributed by atoms with Gasteiger partial charge in [-0.2, -0.15) is 0 Å². The summed E-state index contributed by atoms with van der Waals surface area (Å²) in [6.45, 7) is 4.38. The first-order valence-corrected chi connectivity index (χ1v) is 6.52. The molecule has 3 heteroatoms. The van der Waals surface area contributed by atoms with E-state index in [2.05, 4.69) is 11.9 Å². The fourth-order valence-corrected chi connectivity index (χ4v) is 2.15. The average molecular weight is 269 g/mol. The molecule has 0 aliphatic rings. The molecule has 20 heavy (non-hydrogen) atoms. The van der Waals surface area contributed by atoms with Crippen LogP contribution in [-0.2, 0) is 0 Å². The van der Waals surface area contributed by atoms with Crippen molar-refractivity contribution in [1.82, 2.24) is 5.32 Å². The Kier molecular flexibility index (Phi) is 4.80.